The predicted octanol–water partition coefficient (Wildman–Crippen LogP) is 3.40. The summed E-state index contributed by atoms with van der Waals surface area (Å²) < 4.78 is 0. The summed E-state index contributed by atoms with van der Waals surface area (Å²) in [5, 5.41) is 6.91. The Kier molecular flexibility index (Phi) is 6.63. The van der Waals surface area contributed by atoms with Gasteiger partial charge in [0.15, 0.2) is 0 Å². The summed E-state index contributed by atoms with van der Waals surface area (Å²) in [6, 6.07) is 5.55. The summed E-state index contributed by atoms with van der Waals surface area (Å²) in [6.45, 7) is 4.01. The lowest BCUT2D eigenvalue weighted by Crippen LogP contribution is -2.30. The van der Waals surface area contributed by atoms with Gasteiger partial charge in [0.25, 0.3) is 0 Å². The number of benzene rings is 1. The van der Waals surface area contributed by atoms with Crippen molar-refractivity contribution in [3.05, 3.63) is 28.8 Å². The number of carbonyl (C=O) groups is 1. The molecule has 5 heteroatoms. The van der Waals surface area contributed by atoms with E-state index < -0.39 is 0 Å². The molecule has 0 spiro atoms. The molecular formula is C14H20Cl2N2O. The molecule has 0 bridgehead atoms. The van der Waals surface area contributed by atoms with E-state index in [1.54, 1.807) is 6.07 Å². The van der Waals surface area contributed by atoms with Crippen molar-refractivity contribution >= 4 is 35.6 Å². The van der Waals surface area contributed by atoms with E-state index in [4.69, 9.17) is 11.6 Å². The summed E-state index contributed by atoms with van der Waals surface area (Å²) in [4.78, 5) is 12.0. The van der Waals surface area contributed by atoms with Crippen LogP contribution in [0.2, 0.25) is 5.02 Å². The molecule has 1 amide bonds. The van der Waals surface area contributed by atoms with E-state index >= 15 is 0 Å². The van der Waals surface area contributed by atoms with Gasteiger partial charge in [0.2, 0.25) is 5.91 Å². The van der Waals surface area contributed by atoms with Crippen molar-refractivity contribution in [2.75, 3.05) is 18.4 Å². The largest absolute Gasteiger partial charge is 0.326 e. The van der Waals surface area contributed by atoms with Gasteiger partial charge >= 0.3 is 0 Å². The van der Waals surface area contributed by atoms with Crippen LogP contribution in [0.15, 0.2) is 18.2 Å². The number of rotatable bonds is 3. The van der Waals surface area contributed by atoms with Crippen LogP contribution >= 0.6 is 24.0 Å². The van der Waals surface area contributed by atoms with Gasteiger partial charge < -0.3 is 10.6 Å². The van der Waals surface area contributed by atoms with E-state index in [0.717, 1.165) is 37.2 Å². The second-order valence-electron chi connectivity index (χ2n) is 4.90. The second kappa shape index (κ2) is 7.73. The number of nitrogens with one attached hydrogen (secondary N) is 2. The van der Waals surface area contributed by atoms with Gasteiger partial charge in [-0.2, -0.15) is 0 Å². The molecule has 3 nitrogen and oxygen atoms in total. The molecular weight excluding hydrogens is 283 g/mol. The highest BCUT2D eigenvalue weighted by atomic mass is 35.5. The topological polar surface area (TPSA) is 41.1 Å². The first-order valence-electron chi connectivity index (χ1n) is 6.42. The van der Waals surface area contributed by atoms with Crippen LogP contribution < -0.4 is 10.6 Å². The van der Waals surface area contributed by atoms with E-state index in [9.17, 15) is 4.79 Å². The Labute approximate surface area is 125 Å². The van der Waals surface area contributed by atoms with Crippen molar-refractivity contribution in [3.8, 4) is 0 Å². The average molecular weight is 303 g/mol. The standard InChI is InChI=1S/C14H19ClN2O.ClH/c1-10-2-3-12(15)9-13(10)17-14(18)8-11-4-6-16-7-5-11;/h2-3,9,11,16H,4-8H2,1H3,(H,17,18);1H. The average Bonchev–Trinajstić information content (AvgIpc) is 2.35. The number of amides is 1. The molecule has 0 saturated carbocycles. The highest BCUT2D eigenvalue weighted by molar-refractivity contribution is 6.31. The molecule has 0 aromatic heterocycles. The van der Waals surface area contributed by atoms with Gasteiger partial charge in [0.1, 0.15) is 0 Å². The molecule has 1 heterocycles. The van der Waals surface area contributed by atoms with Gasteiger partial charge in [-0.25, -0.2) is 0 Å². The molecule has 1 saturated heterocycles. The van der Waals surface area contributed by atoms with Crippen LogP contribution in [0.1, 0.15) is 24.8 Å². The van der Waals surface area contributed by atoms with Gasteiger partial charge in [-0.15, -0.1) is 12.4 Å². The normalized spacial score (nSPS) is 15.7. The van der Waals surface area contributed by atoms with Gasteiger partial charge in [0, 0.05) is 17.1 Å². The molecule has 0 aliphatic carbocycles. The first-order valence-corrected chi connectivity index (χ1v) is 6.79. The van der Waals surface area contributed by atoms with E-state index in [2.05, 4.69) is 10.6 Å². The summed E-state index contributed by atoms with van der Waals surface area (Å²) in [5.41, 5.74) is 1.86. The molecule has 0 unspecified atom stereocenters. The van der Waals surface area contributed by atoms with Gasteiger partial charge in [-0.1, -0.05) is 17.7 Å². The zero-order valence-corrected chi connectivity index (χ0v) is 12.6. The lowest BCUT2D eigenvalue weighted by atomic mass is 9.94. The summed E-state index contributed by atoms with van der Waals surface area (Å²) in [7, 11) is 0. The second-order valence-corrected chi connectivity index (χ2v) is 5.34. The first kappa shape index (κ1) is 16.3. The zero-order valence-electron chi connectivity index (χ0n) is 11.0. The van der Waals surface area contributed by atoms with E-state index in [1.807, 2.05) is 19.1 Å². The third-order valence-electron chi connectivity index (χ3n) is 3.41. The molecule has 1 aromatic carbocycles. The number of halogens is 2. The van der Waals surface area contributed by atoms with E-state index in [0.29, 0.717) is 17.4 Å². The van der Waals surface area contributed by atoms with E-state index in [1.165, 1.54) is 0 Å². The molecule has 2 rings (SSSR count). The minimum Gasteiger partial charge on any atom is -0.326 e. The molecule has 2 N–H and O–H groups in total. The fraction of sp³-hybridized carbons (Fsp3) is 0.500. The number of carbonyl (C=O) groups excluding carboxylic acids is 1. The first-order chi connectivity index (χ1) is 8.65. The lowest BCUT2D eigenvalue weighted by molar-refractivity contribution is -0.117. The van der Waals surface area contributed by atoms with Crippen LogP contribution in [0.5, 0.6) is 0 Å². The van der Waals surface area contributed by atoms with Crippen LogP contribution in [0, 0.1) is 12.8 Å². The molecule has 1 aliphatic heterocycles. The van der Waals surface area contributed by atoms with Gasteiger partial charge in [-0.05, 0) is 56.5 Å². The maximum absolute atomic E-state index is 12.0. The number of hydrogen-bond acceptors (Lipinski definition) is 2. The van der Waals surface area contributed by atoms with Gasteiger partial charge in [-0.3, -0.25) is 4.79 Å². The minimum absolute atomic E-state index is 0. The molecule has 19 heavy (non-hydrogen) atoms. The maximum atomic E-state index is 12.0. The quantitative estimate of drug-likeness (QED) is 0.898. The van der Waals surface area contributed by atoms with Crippen LogP contribution in [0.4, 0.5) is 5.69 Å². The van der Waals surface area contributed by atoms with Crippen molar-refractivity contribution in [2.45, 2.75) is 26.2 Å². The van der Waals surface area contributed by atoms with Crippen molar-refractivity contribution < 1.29 is 4.79 Å². The Hall–Kier alpha value is -0.770. The van der Waals surface area contributed by atoms with Crippen LogP contribution in [-0.2, 0) is 4.79 Å². The molecule has 0 radical (unpaired) electrons. The lowest BCUT2D eigenvalue weighted by Gasteiger charge is -2.22. The predicted molar refractivity (Wildman–Crippen MR) is 82.3 cm³/mol. The Morgan fingerprint density at radius 2 is 2.11 bits per heavy atom. The highest BCUT2D eigenvalue weighted by Gasteiger charge is 2.17. The Bertz CT molecular complexity index is 431. The SMILES string of the molecule is Cc1ccc(Cl)cc1NC(=O)CC1CCNCC1.Cl. The summed E-state index contributed by atoms with van der Waals surface area (Å²) >= 11 is 5.93. The molecule has 106 valence electrons. The Balaban J connectivity index is 0.00000180. The van der Waals surface area contributed by atoms with Gasteiger partial charge in [0.05, 0.1) is 0 Å². The smallest absolute Gasteiger partial charge is 0.224 e. The number of aryl methyl sites for hydroxylation is 1. The maximum Gasteiger partial charge on any atom is 0.224 e. The monoisotopic (exact) mass is 302 g/mol. The summed E-state index contributed by atoms with van der Waals surface area (Å²) in [6.07, 6.45) is 2.78. The van der Waals surface area contributed by atoms with Crippen molar-refractivity contribution in [2.24, 2.45) is 5.92 Å². The zero-order chi connectivity index (χ0) is 13.0. The Morgan fingerprint density at radius 1 is 1.42 bits per heavy atom. The molecule has 1 aromatic rings. The number of hydrogen-bond donors (Lipinski definition) is 2. The molecule has 0 atom stereocenters. The number of anilines is 1. The fourth-order valence-corrected chi connectivity index (χ4v) is 2.45. The number of piperidine rings is 1. The minimum atomic E-state index is 0. The van der Waals surface area contributed by atoms with E-state index in [-0.39, 0.29) is 18.3 Å². The third-order valence-corrected chi connectivity index (χ3v) is 3.64. The molecule has 1 aliphatic rings. The Morgan fingerprint density at radius 3 is 2.79 bits per heavy atom. The van der Waals surface area contributed by atoms with Crippen LogP contribution in [0.3, 0.4) is 0 Å². The highest BCUT2D eigenvalue weighted by Crippen LogP contribution is 2.22. The van der Waals surface area contributed by atoms with Crippen LogP contribution in [-0.4, -0.2) is 19.0 Å². The van der Waals surface area contributed by atoms with Crippen molar-refractivity contribution in [3.63, 3.8) is 0 Å². The van der Waals surface area contributed by atoms with Crippen molar-refractivity contribution in [1.82, 2.24) is 5.32 Å². The van der Waals surface area contributed by atoms with Crippen LogP contribution in [0.25, 0.3) is 0 Å². The third kappa shape index (κ3) is 5.01. The van der Waals surface area contributed by atoms with Crippen molar-refractivity contribution in [1.29, 1.82) is 0 Å². The molecule has 1 fully saturated rings. The summed E-state index contributed by atoms with van der Waals surface area (Å²) in [5.74, 6) is 0.595. The fourth-order valence-electron chi connectivity index (χ4n) is 2.28.